The summed E-state index contributed by atoms with van der Waals surface area (Å²) in [5.41, 5.74) is 1.64. The molecule has 0 N–H and O–H groups in total. The van der Waals surface area contributed by atoms with Crippen molar-refractivity contribution < 1.29 is 9.47 Å². The minimum Gasteiger partial charge on any atom is -0.618 e. The molecule has 0 atom stereocenters. The minimum atomic E-state index is 0.614. The molecule has 0 radical (unpaired) electrons. The van der Waals surface area contributed by atoms with Gasteiger partial charge in [0.05, 0.1) is 7.11 Å². The maximum atomic E-state index is 11.4. The first-order chi connectivity index (χ1) is 8.29. The lowest BCUT2D eigenvalue weighted by Crippen LogP contribution is -2.28. The van der Waals surface area contributed by atoms with Crippen molar-refractivity contribution in [2.45, 2.75) is 0 Å². The molecule has 2 aromatic rings. The van der Waals surface area contributed by atoms with E-state index >= 15 is 0 Å². The van der Waals surface area contributed by atoms with Crippen LogP contribution in [0, 0.1) is 5.21 Å². The lowest BCUT2D eigenvalue weighted by Gasteiger charge is -2.00. The second-order valence-electron chi connectivity index (χ2n) is 3.56. The van der Waals surface area contributed by atoms with Crippen LogP contribution in [0.5, 0.6) is 5.75 Å². The number of rotatable bonds is 3. The Balaban J connectivity index is 2.17. The summed E-state index contributed by atoms with van der Waals surface area (Å²) >= 11 is 0. The maximum Gasteiger partial charge on any atom is 0.216 e. The molecule has 0 amide bonds. The number of pyridine rings is 1. The SMILES string of the molecule is COc1ccc(C=Cc2cccc[n+]2[O-])cc1. The van der Waals surface area contributed by atoms with E-state index in [1.165, 1.54) is 6.20 Å². The molecule has 3 heteroatoms. The fourth-order valence-corrected chi connectivity index (χ4v) is 1.47. The van der Waals surface area contributed by atoms with E-state index in [1.54, 1.807) is 25.3 Å². The lowest BCUT2D eigenvalue weighted by atomic mass is 10.2. The molecule has 0 fully saturated rings. The molecule has 0 saturated heterocycles. The van der Waals surface area contributed by atoms with Gasteiger partial charge < -0.3 is 9.94 Å². The Morgan fingerprint density at radius 1 is 1.06 bits per heavy atom. The standard InChI is InChI=1S/C14H13NO2/c1-17-14-9-6-12(7-10-14)5-8-13-4-2-3-11-15(13)16/h2-11H,1H3. The highest BCUT2D eigenvalue weighted by Gasteiger charge is 1.97. The highest BCUT2D eigenvalue weighted by molar-refractivity contribution is 5.67. The minimum absolute atomic E-state index is 0.614. The predicted octanol–water partition coefficient (Wildman–Crippen LogP) is 2.50. The number of hydrogen-bond acceptors (Lipinski definition) is 2. The molecule has 0 aliphatic heterocycles. The van der Waals surface area contributed by atoms with Crippen molar-refractivity contribution in [3.8, 4) is 5.75 Å². The van der Waals surface area contributed by atoms with Gasteiger partial charge in [-0.2, -0.15) is 4.73 Å². The third kappa shape index (κ3) is 2.84. The molecule has 1 heterocycles. The van der Waals surface area contributed by atoms with Crippen molar-refractivity contribution in [2.75, 3.05) is 7.11 Å². The molecule has 0 bridgehead atoms. The predicted molar refractivity (Wildman–Crippen MR) is 67.3 cm³/mol. The average molecular weight is 227 g/mol. The summed E-state index contributed by atoms with van der Waals surface area (Å²) in [7, 11) is 1.63. The van der Waals surface area contributed by atoms with E-state index in [9.17, 15) is 5.21 Å². The van der Waals surface area contributed by atoms with Crippen LogP contribution in [-0.4, -0.2) is 7.11 Å². The first-order valence-electron chi connectivity index (χ1n) is 5.30. The number of benzene rings is 1. The van der Waals surface area contributed by atoms with Crippen molar-refractivity contribution in [1.82, 2.24) is 0 Å². The van der Waals surface area contributed by atoms with Gasteiger partial charge in [0, 0.05) is 18.2 Å². The van der Waals surface area contributed by atoms with E-state index in [0.29, 0.717) is 5.69 Å². The van der Waals surface area contributed by atoms with Gasteiger partial charge in [0.1, 0.15) is 5.75 Å². The van der Waals surface area contributed by atoms with E-state index < -0.39 is 0 Å². The number of methoxy groups -OCH3 is 1. The quantitative estimate of drug-likeness (QED) is 0.596. The third-order valence-corrected chi connectivity index (χ3v) is 2.42. The Hall–Kier alpha value is -2.29. The van der Waals surface area contributed by atoms with Gasteiger partial charge in [-0.1, -0.05) is 12.1 Å². The monoisotopic (exact) mass is 227 g/mol. The molecule has 0 aliphatic rings. The molecule has 86 valence electrons. The van der Waals surface area contributed by atoms with Gasteiger partial charge in [-0.3, -0.25) is 0 Å². The maximum absolute atomic E-state index is 11.4. The summed E-state index contributed by atoms with van der Waals surface area (Å²) in [5, 5.41) is 11.4. The molecule has 17 heavy (non-hydrogen) atoms. The Bertz CT molecular complexity index is 518. The van der Waals surface area contributed by atoms with Crippen molar-refractivity contribution in [3.63, 3.8) is 0 Å². The summed E-state index contributed by atoms with van der Waals surface area (Å²) < 4.78 is 5.91. The third-order valence-electron chi connectivity index (χ3n) is 2.42. The Morgan fingerprint density at radius 3 is 2.47 bits per heavy atom. The van der Waals surface area contributed by atoms with Crippen molar-refractivity contribution in [1.29, 1.82) is 0 Å². The van der Waals surface area contributed by atoms with Crippen LogP contribution < -0.4 is 9.47 Å². The lowest BCUT2D eigenvalue weighted by molar-refractivity contribution is -0.607. The largest absolute Gasteiger partial charge is 0.618 e. The Kier molecular flexibility index (Phi) is 3.40. The summed E-state index contributed by atoms with van der Waals surface area (Å²) in [6.45, 7) is 0. The van der Waals surface area contributed by atoms with Gasteiger partial charge in [-0.25, -0.2) is 0 Å². The second kappa shape index (κ2) is 5.16. The second-order valence-corrected chi connectivity index (χ2v) is 3.56. The topological polar surface area (TPSA) is 36.2 Å². The number of aromatic nitrogens is 1. The van der Waals surface area contributed by atoms with E-state index in [1.807, 2.05) is 36.4 Å². The van der Waals surface area contributed by atoms with Crippen LogP contribution in [0.1, 0.15) is 11.3 Å². The molecule has 1 aromatic heterocycles. The summed E-state index contributed by atoms with van der Waals surface area (Å²) in [6, 6.07) is 13.0. The molecule has 0 aliphatic carbocycles. The number of nitrogens with zero attached hydrogens (tertiary/aromatic N) is 1. The molecule has 0 unspecified atom stereocenters. The normalized spacial score (nSPS) is 10.6. The summed E-state index contributed by atoms with van der Waals surface area (Å²) in [4.78, 5) is 0. The highest BCUT2D eigenvalue weighted by Crippen LogP contribution is 2.13. The van der Waals surface area contributed by atoms with Crippen LogP contribution in [0.25, 0.3) is 12.2 Å². The first-order valence-corrected chi connectivity index (χ1v) is 5.30. The van der Waals surface area contributed by atoms with Crippen LogP contribution in [0.4, 0.5) is 0 Å². The smallest absolute Gasteiger partial charge is 0.216 e. The van der Waals surface area contributed by atoms with E-state index in [2.05, 4.69) is 0 Å². The fourth-order valence-electron chi connectivity index (χ4n) is 1.47. The van der Waals surface area contributed by atoms with E-state index in [0.717, 1.165) is 16.0 Å². The summed E-state index contributed by atoms with van der Waals surface area (Å²) in [5.74, 6) is 0.820. The van der Waals surface area contributed by atoms with Gasteiger partial charge >= 0.3 is 0 Å². The van der Waals surface area contributed by atoms with Gasteiger partial charge in [0.2, 0.25) is 5.69 Å². The first kappa shape index (κ1) is 11.2. The molecule has 0 saturated carbocycles. The molecular formula is C14H13NO2. The van der Waals surface area contributed by atoms with Crippen LogP contribution in [-0.2, 0) is 0 Å². The average Bonchev–Trinajstić information content (AvgIpc) is 2.38. The van der Waals surface area contributed by atoms with E-state index in [-0.39, 0.29) is 0 Å². The van der Waals surface area contributed by atoms with Gasteiger partial charge in [-0.15, -0.1) is 0 Å². The van der Waals surface area contributed by atoms with Gasteiger partial charge in [0.25, 0.3) is 0 Å². The Labute approximate surface area is 100 Å². The van der Waals surface area contributed by atoms with Crippen molar-refractivity contribution in [3.05, 3.63) is 65.1 Å². The van der Waals surface area contributed by atoms with Gasteiger partial charge in [-0.05, 0) is 29.8 Å². The molecule has 1 aromatic carbocycles. The van der Waals surface area contributed by atoms with Crippen LogP contribution in [0.3, 0.4) is 0 Å². The van der Waals surface area contributed by atoms with Crippen LogP contribution in [0.15, 0.2) is 48.7 Å². The zero-order chi connectivity index (χ0) is 12.1. The summed E-state index contributed by atoms with van der Waals surface area (Å²) in [6.07, 6.45) is 5.16. The van der Waals surface area contributed by atoms with E-state index in [4.69, 9.17) is 4.74 Å². The highest BCUT2D eigenvalue weighted by atomic mass is 16.5. The number of ether oxygens (including phenoxy) is 1. The molecule has 2 rings (SSSR count). The zero-order valence-electron chi connectivity index (χ0n) is 9.54. The molecule has 0 spiro atoms. The van der Waals surface area contributed by atoms with Crippen molar-refractivity contribution in [2.24, 2.45) is 0 Å². The zero-order valence-corrected chi connectivity index (χ0v) is 9.54. The van der Waals surface area contributed by atoms with Crippen LogP contribution >= 0.6 is 0 Å². The van der Waals surface area contributed by atoms with Crippen LogP contribution in [0.2, 0.25) is 0 Å². The molecular weight excluding hydrogens is 214 g/mol. The Morgan fingerprint density at radius 2 is 1.82 bits per heavy atom. The number of hydrogen-bond donors (Lipinski definition) is 0. The fraction of sp³-hybridized carbons (Fsp3) is 0.0714. The van der Waals surface area contributed by atoms with Crippen molar-refractivity contribution >= 4 is 12.2 Å². The molecule has 3 nitrogen and oxygen atoms in total. The van der Waals surface area contributed by atoms with Gasteiger partial charge in [0.15, 0.2) is 6.20 Å².